The lowest BCUT2D eigenvalue weighted by Gasteiger charge is -2.35. The van der Waals surface area contributed by atoms with Crippen molar-refractivity contribution in [3.8, 4) is 0 Å². The third kappa shape index (κ3) is 6.95. The summed E-state index contributed by atoms with van der Waals surface area (Å²) in [6, 6.07) is 19.5. The second-order valence-electron chi connectivity index (χ2n) is 12.9. The topological polar surface area (TPSA) is 61.6 Å². The minimum absolute atomic E-state index is 0.0166. The van der Waals surface area contributed by atoms with E-state index in [0.29, 0.717) is 11.8 Å². The van der Waals surface area contributed by atoms with Gasteiger partial charge in [0, 0.05) is 37.2 Å². The Morgan fingerprint density at radius 1 is 1.07 bits per heavy atom. The molecule has 5 rings (SSSR count). The number of rotatable bonds is 11. The summed E-state index contributed by atoms with van der Waals surface area (Å²) in [5.74, 6) is 0.128. The SMILES string of the molecule is CCn1nc(Cc2ccccc2)cc1C1CCN(CC2CC(N(C)[C@@H](C(=O)O)C(C)C)CC2c2cccc(F)c2)CC1. The molecule has 2 aromatic carbocycles. The van der Waals surface area contributed by atoms with E-state index >= 15 is 0 Å². The number of aryl methyl sites for hydroxylation is 1. The molecule has 4 atom stereocenters. The molecule has 1 saturated heterocycles. The number of carbonyl (C=O) groups is 1. The third-order valence-corrected chi connectivity index (χ3v) is 9.73. The van der Waals surface area contributed by atoms with Crippen LogP contribution in [0.4, 0.5) is 4.39 Å². The van der Waals surface area contributed by atoms with Gasteiger partial charge in [-0.1, -0.05) is 56.3 Å². The molecule has 2 heterocycles. The minimum atomic E-state index is -0.765. The van der Waals surface area contributed by atoms with Crippen molar-refractivity contribution in [3.05, 3.63) is 89.0 Å². The van der Waals surface area contributed by atoms with Gasteiger partial charge in [-0.15, -0.1) is 0 Å². The van der Waals surface area contributed by atoms with Crippen LogP contribution in [0.15, 0.2) is 60.7 Å². The normalized spacial score (nSPS) is 22.7. The Kier molecular flexibility index (Phi) is 9.79. The Morgan fingerprint density at radius 3 is 2.45 bits per heavy atom. The van der Waals surface area contributed by atoms with Crippen molar-refractivity contribution in [3.63, 3.8) is 0 Å². The zero-order valence-electron chi connectivity index (χ0n) is 25.6. The van der Waals surface area contributed by atoms with Crippen LogP contribution in [0.1, 0.15) is 80.8 Å². The summed E-state index contributed by atoms with van der Waals surface area (Å²) in [4.78, 5) is 16.8. The summed E-state index contributed by atoms with van der Waals surface area (Å²) in [6.07, 6.45) is 4.85. The maximum atomic E-state index is 14.3. The van der Waals surface area contributed by atoms with Crippen molar-refractivity contribution in [1.82, 2.24) is 19.6 Å². The molecule has 2 fully saturated rings. The van der Waals surface area contributed by atoms with Gasteiger partial charge >= 0.3 is 5.97 Å². The van der Waals surface area contributed by atoms with Crippen LogP contribution in [-0.2, 0) is 17.8 Å². The van der Waals surface area contributed by atoms with Crippen LogP contribution in [0, 0.1) is 17.7 Å². The Balaban J connectivity index is 1.26. The molecule has 0 radical (unpaired) electrons. The fourth-order valence-electron chi connectivity index (χ4n) is 7.64. The molecule has 226 valence electrons. The van der Waals surface area contributed by atoms with E-state index in [2.05, 4.69) is 57.8 Å². The van der Waals surface area contributed by atoms with Crippen molar-refractivity contribution in [2.75, 3.05) is 26.7 Å². The van der Waals surface area contributed by atoms with Crippen LogP contribution in [0.5, 0.6) is 0 Å². The number of hydrogen-bond donors (Lipinski definition) is 1. The average Bonchev–Trinajstić information content (AvgIpc) is 3.58. The predicted molar refractivity (Wildman–Crippen MR) is 165 cm³/mol. The quantitative estimate of drug-likeness (QED) is 0.287. The Hall–Kier alpha value is -3.03. The molecule has 7 heteroatoms. The summed E-state index contributed by atoms with van der Waals surface area (Å²) in [5.41, 5.74) is 4.83. The molecule has 1 aliphatic carbocycles. The number of aliphatic carboxylic acids is 1. The number of carboxylic acids is 1. The standard InChI is InChI=1S/C35H47FN4O2/c1-5-40-33(21-30(37-40)18-25-10-7-6-8-11-25)26-14-16-39(17-15-26)23-28-20-31(38(4)34(24(2)3)35(41)42)22-32(28)27-12-9-13-29(36)19-27/h6-13,19,21,24,26,28,31-32,34H,5,14-18,20,22-23H2,1-4H3,(H,41,42)/t28?,31?,32?,34-/m1/s1. The monoisotopic (exact) mass is 574 g/mol. The first-order chi connectivity index (χ1) is 20.2. The van der Waals surface area contributed by atoms with E-state index in [9.17, 15) is 14.3 Å². The van der Waals surface area contributed by atoms with E-state index in [1.165, 1.54) is 17.3 Å². The molecule has 0 bridgehead atoms. The molecule has 0 spiro atoms. The van der Waals surface area contributed by atoms with E-state index in [1.807, 2.05) is 27.0 Å². The van der Waals surface area contributed by atoms with Crippen molar-refractivity contribution in [2.45, 2.75) is 83.3 Å². The number of nitrogens with zero attached hydrogens (tertiary/aromatic N) is 4. The first-order valence-corrected chi connectivity index (χ1v) is 15.8. The molecule has 6 nitrogen and oxygen atoms in total. The second-order valence-corrected chi connectivity index (χ2v) is 12.9. The molecule has 1 aromatic heterocycles. The van der Waals surface area contributed by atoms with Gasteiger partial charge in [0.25, 0.3) is 0 Å². The Morgan fingerprint density at radius 2 is 1.81 bits per heavy atom. The Bertz CT molecular complexity index is 1320. The highest BCUT2D eigenvalue weighted by atomic mass is 19.1. The lowest BCUT2D eigenvalue weighted by molar-refractivity contribution is -0.145. The van der Waals surface area contributed by atoms with Gasteiger partial charge in [-0.25, -0.2) is 4.39 Å². The van der Waals surface area contributed by atoms with Crippen LogP contribution in [0.2, 0.25) is 0 Å². The first kappa shape index (κ1) is 30.4. The van der Waals surface area contributed by atoms with Gasteiger partial charge in [0.15, 0.2) is 0 Å². The maximum absolute atomic E-state index is 14.3. The van der Waals surface area contributed by atoms with Gasteiger partial charge in [0.05, 0.1) is 5.69 Å². The summed E-state index contributed by atoms with van der Waals surface area (Å²) >= 11 is 0. The number of likely N-dealkylation sites (tertiary alicyclic amines) is 1. The molecule has 0 amide bonds. The van der Waals surface area contributed by atoms with Crippen LogP contribution >= 0.6 is 0 Å². The number of piperidine rings is 1. The Labute approximate surface area is 250 Å². The van der Waals surface area contributed by atoms with E-state index in [1.54, 1.807) is 12.1 Å². The van der Waals surface area contributed by atoms with Gasteiger partial charge in [-0.2, -0.15) is 5.10 Å². The summed E-state index contributed by atoms with van der Waals surface area (Å²) in [7, 11) is 1.96. The number of likely N-dealkylation sites (N-methyl/N-ethyl adjacent to an activating group) is 1. The van der Waals surface area contributed by atoms with Gasteiger partial charge in [-0.3, -0.25) is 14.4 Å². The van der Waals surface area contributed by atoms with Crippen LogP contribution in [0.25, 0.3) is 0 Å². The van der Waals surface area contributed by atoms with E-state index in [-0.39, 0.29) is 23.7 Å². The number of aromatic nitrogens is 2. The summed E-state index contributed by atoms with van der Waals surface area (Å²) < 4.78 is 16.5. The van der Waals surface area contributed by atoms with Crippen LogP contribution in [-0.4, -0.2) is 69.4 Å². The summed E-state index contributed by atoms with van der Waals surface area (Å²) in [6.45, 7) is 10.0. The van der Waals surface area contributed by atoms with Crippen molar-refractivity contribution < 1.29 is 14.3 Å². The van der Waals surface area contributed by atoms with E-state index in [4.69, 9.17) is 5.10 Å². The van der Waals surface area contributed by atoms with Gasteiger partial charge in [0.1, 0.15) is 11.9 Å². The molecule has 1 aliphatic heterocycles. The molecule has 42 heavy (non-hydrogen) atoms. The van der Waals surface area contributed by atoms with Crippen LogP contribution in [0.3, 0.4) is 0 Å². The first-order valence-electron chi connectivity index (χ1n) is 15.8. The second kappa shape index (κ2) is 13.5. The smallest absolute Gasteiger partial charge is 0.321 e. The van der Waals surface area contributed by atoms with Crippen molar-refractivity contribution in [2.24, 2.45) is 11.8 Å². The van der Waals surface area contributed by atoms with Crippen LogP contribution < -0.4 is 0 Å². The van der Waals surface area contributed by atoms with E-state index < -0.39 is 12.0 Å². The van der Waals surface area contributed by atoms with E-state index in [0.717, 1.165) is 69.5 Å². The lowest BCUT2D eigenvalue weighted by Crippen LogP contribution is -2.47. The number of hydrogen-bond acceptors (Lipinski definition) is 4. The molecular formula is C35H47FN4O2. The summed E-state index contributed by atoms with van der Waals surface area (Å²) in [5, 5.41) is 14.9. The van der Waals surface area contributed by atoms with Crippen molar-refractivity contribution >= 4 is 5.97 Å². The van der Waals surface area contributed by atoms with Crippen molar-refractivity contribution in [1.29, 1.82) is 0 Å². The van der Waals surface area contributed by atoms with Gasteiger partial charge in [-0.05, 0) is 99.8 Å². The maximum Gasteiger partial charge on any atom is 0.321 e. The number of benzene rings is 2. The molecule has 1 N–H and O–H groups in total. The third-order valence-electron chi connectivity index (χ3n) is 9.73. The minimum Gasteiger partial charge on any atom is -0.480 e. The predicted octanol–water partition coefficient (Wildman–Crippen LogP) is 6.42. The fourth-order valence-corrected chi connectivity index (χ4v) is 7.64. The zero-order chi connectivity index (χ0) is 29.8. The molecule has 2 aliphatic rings. The highest BCUT2D eigenvalue weighted by molar-refractivity contribution is 5.73. The number of carboxylic acid groups (broad SMARTS) is 1. The lowest BCUT2D eigenvalue weighted by atomic mass is 9.87. The average molecular weight is 575 g/mol. The highest BCUT2D eigenvalue weighted by Crippen LogP contribution is 2.43. The fraction of sp³-hybridized carbons (Fsp3) is 0.543. The highest BCUT2D eigenvalue weighted by Gasteiger charge is 2.42. The largest absolute Gasteiger partial charge is 0.480 e. The zero-order valence-corrected chi connectivity index (χ0v) is 25.6. The molecule has 3 aromatic rings. The van der Waals surface area contributed by atoms with Gasteiger partial charge in [0.2, 0.25) is 0 Å². The molecule has 3 unspecified atom stereocenters. The molecular weight excluding hydrogens is 527 g/mol. The molecule has 1 saturated carbocycles. The number of halogens is 1. The van der Waals surface area contributed by atoms with Gasteiger partial charge < -0.3 is 10.0 Å².